The van der Waals surface area contributed by atoms with Crippen LogP contribution in [0.5, 0.6) is 0 Å². The standard InChI is InChI=1S/C14H25N3O/c1-11-5-4-7-14(10-11,18-3)13(15)9-12-6-8-17(2)16-12/h6,8,11,13H,4-5,7,9-10,15H2,1-3H3. The molecule has 1 fully saturated rings. The third-order valence-electron chi connectivity index (χ3n) is 4.27. The third-order valence-corrected chi connectivity index (χ3v) is 4.27. The first-order valence-corrected chi connectivity index (χ1v) is 6.85. The van der Waals surface area contributed by atoms with Gasteiger partial charge in [0.25, 0.3) is 0 Å². The highest BCUT2D eigenvalue weighted by molar-refractivity contribution is 5.06. The Kier molecular flexibility index (Phi) is 4.07. The average Bonchev–Trinajstić information content (AvgIpc) is 2.74. The Morgan fingerprint density at radius 3 is 3.00 bits per heavy atom. The molecule has 0 aliphatic heterocycles. The number of ether oxygens (including phenoxy) is 1. The van der Waals surface area contributed by atoms with E-state index >= 15 is 0 Å². The molecule has 0 amide bonds. The zero-order valence-corrected chi connectivity index (χ0v) is 11.7. The highest BCUT2D eigenvalue weighted by Crippen LogP contribution is 2.37. The molecule has 1 aromatic heterocycles. The van der Waals surface area contributed by atoms with Gasteiger partial charge in [-0.1, -0.05) is 19.8 Å². The van der Waals surface area contributed by atoms with Crippen molar-refractivity contribution in [2.75, 3.05) is 7.11 Å². The summed E-state index contributed by atoms with van der Waals surface area (Å²) in [6.45, 7) is 2.29. The fourth-order valence-corrected chi connectivity index (χ4v) is 3.20. The molecule has 0 spiro atoms. The van der Waals surface area contributed by atoms with Crippen LogP contribution in [0.15, 0.2) is 12.3 Å². The van der Waals surface area contributed by atoms with Crippen LogP contribution in [0, 0.1) is 5.92 Å². The molecule has 2 N–H and O–H groups in total. The van der Waals surface area contributed by atoms with Crippen molar-refractivity contribution in [1.82, 2.24) is 9.78 Å². The zero-order valence-electron chi connectivity index (χ0n) is 11.7. The summed E-state index contributed by atoms with van der Waals surface area (Å²) < 4.78 is 7.65. The van der Waals surface area contributed by atoms with Crippen LogP contribution in [0.1, 0.15) is 38.3 Å². The van der Waals surface area contributed by atoms with Crippen LogP contribution < -0.4 is 5.73 Å². The van der Waals surface area contributed by atoms with Gasteiger partial charge in [0.05, 0.1) is 11.3 Å². The molecule has 0 bridgehead atoms. The van der Waals surface area contributed by atoms with E-state index < -0.39 is 0 Å². The number of methoxy groups -OCH3 is 1. The first-order chi connectivity index (χ1) is 8.55. The van der Waals surface area contributed by atoms with E-state index in [2.05, 4.69) is 12.0 Å². The molecule has 102 valence electrons. The summed E-state index contributed by atoms with van der Waals surface area (Å²) in [7, 11) is 3.74. The van der Waals surface area contributed by atoms with Crippen LogP contribution in [-0.4, -0.2) is 28.5 Å². The molecule has 4 heteroatoms. The van der Waals surface area contributed by atoms with E-state index in [1.54, 1.807) is 7.11 Å². The molecular formula is C14H25N3O. The summed E-state index contributed by atoms with van der Waals surface area (Å²) in [5, 5.41) is 4.41. The first kappa shape index (κ1) is 13.6. The van der Waals surface area contributed by atoms with Gasteiger partial charge in [-0.15, -0.1) is 0 Å². The van der Waals surface area contributed by atoms with E-state index in [-0.39, 0.29) is 11.6 Å². The van der Waals surface area contributed by atoms with E-state index in [4.69, 9.17) is 10.5 Å². The highest BCUT2D eigenvalue weighted by Gasteiger charge is 2.40. The molecule has 2 rings (SSSR count). The Labute approximate surface area is 110 Å². The van der Waals surface area contributed by atoms with E-state index in [9.17, 15) is 0 Å². The number of aromatic nitrogens is 2. The van der Waals surface area contributed by atoms with Gasteiger partial charge < -0.3 is 10.5 Å². The van der Waals surface area contributed by atoms with Crippen LogP contribution in [-0.2, 0) is 18.2 Å². The summed E-state index contributed by atoms with van der Waals surface area (Å²) in [6, 6.07) is 2.07. The Morgan fingerprint density at radius 1 is 1.67 bits per heavy atom. The lowest BCUT2D eigenvalue weighted by Gasteiger charge is -2.43. The quantitative estimate of drug-likeness (QED) is 0.889. The van der Waals surface area contributed by atoms with E-state index in [1.165, 1.54) is 12.8 Å². The molecule has 1 saturated carbocycles. The van der Waals surface area contributed by atoms with Crippen molar-refractivity contribution < 1.29 is 4.74 Å². The van der Waals surface area contributed by atoms with Gasteiger partial charge in [0.2, 0.25) is 0 Å². The van der Waals surface area contributed by atoms with Crippen molar-refractivity contribution >= 4 is 0 Å². The molecule has 1 aliphatic carbocycles. The largest absolute Gasteiger partial charge is 0.377 e. The number of nitrogens with two attached hydrogens (primary N) is 1. The van der Waals surface area contributed by atoms with E-state index in [0.29, 0.717) is 5.92 Å². The molecule has 0 saturated heterocycles. The summed E-state index contributed by atoms with van der Waals surface area (Å²) in [4.78, 5) is 0. The molecule has 4 nitrogen and oxygen atoms in total. The summed E-state index contributed by atoms with van der Waals surface area (Å²) in [6.07, 6.45) is 7.40. The average molecular weight is 251 g/mol. The maximum Gasteiger partial charge on any atom is 0.0835 e. The molecule has 0 aromatic carbocycles. The number of hydrogen-bond acceptors (Lipinski definition) is 3. The van der Waals surface area contributed by atoms with Gasteiger partial charge in [-0.05, 0) is 24.8 Å². The van der Waals surface area contributed by atoms with E-state index in [0.717, 1.165) is 25.0 Å². The predicted octanol–water partition coefficient (Wildman–Crippen LogP) is 1.89. The lowest BCUT2D eigenvalue weighted by Crippen LogP contribution is -2.53. The molecule has 0 radical (unpaired) electrons. The minimum absolute atomic E-state index is 0.0279. The van der Waals surface area contributed by atoms with Gasteiger partial charge in [0, 0.05) is 32.8 Å². The van der Waals surface area contributed by atoms with Crippen molar-refractivity contribution in [3.63, 3.8) is 0 Å². The van der Waals surface area contributed by atoms with Crippen LogP contribution in [0.2, 0.25) is 0 Å². The Balaban J connectivity index is 2.07. The van der Waals surface area contributed by atoms with Crippen LogP contribution in [0.4, 0.5) is 0 Å². The molecule has 1 aromatic rings. The minimum atomic E-state index is -0.158. The van der Waals surface area contributed by atoms with Crippen molar-refractivity contribution in [3.8, 4) is 0 Å². The molecule has 1 aliphatic rings. The monoisotopic (exact) mass is 251 g/mol. The lowest BCUT2D eigenvalue weighted by molar-refractivity contribution is -0.0707. The second-order valence-corrected chi connectivity index (χ2v) is 5.76. The van der Waals surface area contributed by atoms with E-state index in [1.807, 2.05) is 24.0 Å². The fraction of sp³-hybridized carbons (Fsp3) is 0.786. The van der Waals surface area contributed by atoms with Gasteiger partial charge in [0.1, 0.15) is 0 Å². The Morgan fingerprint density at radius 2 is 2.44 bits per heavy atom. The second kappa shape index (κ2) is 5.41. The topological polar surface area (TPSA) is 53.1 Å². The summed E-state index contributed by atoms with van der Waals surface area (Å²) in [5.74, 6) is 0.702. The number of hydrogen-bond donors (Lipinski definition) is 1. The first-order valence-electron chi connectivity index (χ1n) is 6.85. The number of nitrogens with zero attached hydrogens (tertiary/aromatic N) is 2. The Bertz CT molecular complexity index is 390. The summed E-state index contributed by atoms with van der Waals surface area (Å²) >= 11 is 0. The van der Waals surface area contributed by atoms with Crippen LogP contribution in [0.25, 0.3) is 0 Å². The lowest BCUT2D eigenvalue weighted by atomic mass is 9.74. The van der Waals surface area contributed by atoms with Crippen molar-refractivity contribution in [2.45, 2.75) is 50.7 Å². The molecule has 3 unspecified atom stereocenters. The fourth-order valence-electron chi connectivity index (χ4n) is 3.20. The number of rotatable bonds is 4. The zero-order chi connectivity index (χ0) is 13.2. The minimum Gasteiger partial charge on any atom is -0.377 e. The van der Waals surface area contributed by atoms with Gasteiger partial charge in [-0.3, -0.25) is 4.68 Å². The second-order valence-electron chi connectivity index (χ2n) is 5.76. The predicted molar refractivity (Wildman–Crippen MR) is 72.3 cm³/mol. The SMILES string of the molecule is COC1(C(N)Cc2ccn(C)n2)CCCC(C)C1. The van der Waals surface area contributed by atoms with Gasteiger partial charge in [0.15, 0.2) is 0 Å². The normalized spacial score (nSPS) is 30.3. The highest BCUT2D eigenvalue weighted by atomic mass is 16.5. The number of aryl methyl sites for hydroxylation is 1. The molecule has 1 heterocycles. The van der Waals surface area contributed by atoms with Crippen molar-refractivity contribution in [1.29, 1.82) is 0 Å². The molecule has 18 heavy (non-hydrogen) atoms. The molecular weight excluding hydrogens is 226 g/mol. The summed E-state index contributed by atoms with van der Waals surface area (Å²) in [5.41, 5.74) is 7.32. The smallest absolute Gasteiger partial charge is 0.0835 e. The third kappa shape index (κ3) is 2.75. The maximum absolute atomic E-state index is 6.42. The maximum atomic E-state index is 6.42. The Hall–Kier alpha value is -0.870. The van der Waals surface area contributed by atoms with Crippen molar-refractivity contribution in [3.05, 3.63) is 18.0 Å². The van der Waals surface area contributed by atoms with Crippen molar-refractivity contribution in [2.24, 2.45) is 18.7 Å². The molecule has 3 atom stereocenters. The van der Waals surface area contributed by atoms with Gasteiger partial charge in [-0.25, -0.2) is 0 Å². The van der Waals surface area contributed by atoms with Gasteiger partial charge >= 0.3 is 0 Å². The van der Waals surface area contributed by atoms with Crippen LogP contribution >= 0.6 is 0 Å². The van der Waals surface area contributed by atoms with Crippen LogP contribution in [0.3, 0.4) is 0 Å². The van der Waals surface area contributed by atoms with Gasteiger partial charge in [-0.2, -0.15) is 5.10 Å².